The van der Waals surface area contributed by atoms with Crippen molar-refractivity contribution in [1.82, 2.24) is 15.0 Å². The van der Waals surface area contributed by atoms with Crippen molar-refractivity contribution in [2.75, 3.05) is 12.4 Å². The second-order valence-corrected chi connectivity index (χ2v) is 6.99. The molecule has 3 aromatic carbocycles. The van der Waals surface area contributed by atoms with E-state index in [2.05, 4.69) is 36.8 Å². The predicted octanol–water partition coefficient (Wildman–Crippen LogP) is 5.73. The molecule has 0 radical (unpaired) electrons. The van der Waals surface area contributed by atoms with Crippen LogP contribution < -0.4 is 14.8 Å². The number of alkyl halides is 3. The molecule has 0 atom stereocenters. The van der Waals surface area contributed by atoms with E-state index >= 15 is 0 Å². The molecule has 176 valence electrons. The normalized spacial score (nSPS) is 10.8. The smallest absolute Gasteiger partial charge is 0.497 e. The van der Waals surface area contributed by atoms with Crippen LogP contribution in [0, 0.1) is 17.7 Å². The third-order valence-corrected chi connectivity index (χ3v) is 4.49. The maximum absolute atomic E-state index is 13.1. The highest BCUT2D eigenvalue weighted by Crippen LogP contribution is 2.25. The number of aromatic nitrogens is 3. The number of ether oxygens (including phenoxy) is 2. The standard InChI is InChI=1S/C25H16F4N4O2/c1-34-20-11-5-17(6-12-20)23-31-22(15-4-16-2-7-18(26)8-3-16)32-24(33-23)30-19-9-13-21(14-10-19)35-25(27,28)29/h2-3,5-14H,1H3,(H,30,31,32,33). The molecule has 1 N–H and O–H groups in total. The van der Waals surface area contributed by atoms with E-state index in [0.717, 1.165) is 12.1 Å². The SMILES string of the molecule is COc1ccc(-c2nc(C#Cc3ccc(F)cc3)nc(Nc3ccc(OC(F)(F)F)cc3)n2)cc1. The van der Waals surface area contributed by atoms with Gasteiger partial charge in [0.05, 0.1) is 7.11 Å². The molecule has 0 aliphatic carbocycles. The van der Waals surface area contributed by atoms with Crippen LogP contribution in [-0.2, 0) is 0 Å². The average molecular weight is 480 g/mol. The number of nitrogens with one attached hydrogen (secondary N) is 1. The second-order valence-electron chi connectivity index (χ2n) is 6.99. The van der Waals surface area contributed by atoms with E-state index in [4.69, 9.17) is 4.74 Å². The molecule has 10 heteroatoms. The van der Waals surface area contributed by atoms with Crippen molar-refractivity contribution in [2.24, 2.45) is 0 Å². The Kier molecular flexibility index (Phi) is 6.78. The van der Waals surface area contributed by atoms with E-state index in [-0.39, 0.29) is 23.3 Å². The van der Waals surface area contributed by atoms with Gasteiger partial charge in [0.25, 0.3) is 0 Å². The van der Waals surface area contributed by atoms with E-state index in [1.807, 2.05) is 0 Å². The van der Waals surface area contributed by atoms with Crippen molar-refractivity contribution in [3.8, 4) is 34.7 Å². The van der Waals surface area contributed by atoms with Crippen LogP contribution in [0.5, 0.6) is 11.5 Å². The molecular weight excluding hydrogens is 464 g/mol. The van der Waals surface area contributed by atoms with Crippen LogP contribution in [0.4, 0.5) is 29.2 Å². The van der Waals surface area contributed by atoms with E-state index in [0.29, 0.717) is 28.4 Å². The Morgan fingerprint density at radius 1 is 0.771 bits per heavy atom. The van der Waals surface area contributed by atoms with Crippen LogP contribution in [0.25, 0.3) is 11.4 Å². The molecule has 0 saturated carbocycles. The molecule has 0 aliphatic heterocycles. The highest BCUT2D eigenvalue weighted by molar-refractivity contribution is 5.61. The minimum atomic E-state index is -4.78. The van der Waals surface area contributed by atoms with Crippen LogP contribution in [0.2, 0.25) is 0 Å². The Morgan fingerprint density at radius 3 is 2.06 bits per heavy atom. The van der Waals surface area contributed by atoms with Gasteiger partial charge in [-0.25, -0.2) is 9.37 Å². The minimum Gasteiger partial charge on any atom is -0.497 e. The first kappa shape index (κ1) is 23.5. The number of benzene rings is 3. The van der Waals surface area contributed by atoms with Crippen molar-refractivity contribution < 1.29 is 27.0 Å². The largest absolute Gasteiger partial charge is 0.573 e. The first-order chi connectivity index (χ1) is 16.8. The maximum atomic E-state index is 13.1. The molecule has 1 heterocycles. The van der Waals surface area contributed by atoms with Gasteiger partial charge < -0.3 is 14.8 Å². The molecule has 6 nitrogen and oxygen atoms in total. The topological polar surface area (TPSA) is 69.2 Å². The number of anilines is 2. The minimum absolute atomic E-state index is 0.124. The molecule has 0 spiro atoms. The Labute approximate surface area is 197 Å². The van der Waals surface area contributed by atoms with Crippen molar-refractivity contribution in [1.29, 1.82) is 0 Å². The van der Waals surface area contributed by atoms with Crippen molar-refractivity contribution in [3.63, 3.8) is 0 Å². The van der Waals surface area contributed by atoms with Crippen molar-refractivity contribution >= 4 is 11.6 Å². The first-order valence-corrected chi connectivity index (χ1v) is 10.1. The highest BCUT2D eigenvalue weighted by Gasteiger charge is 2.30. The fraction of sp³-hybridized carbons (Fsp3) is 0.0800. The number of nitrogens with zero attached hydrogens (tertiary/aromatic N) is 3. The lowest BCUT2D eigenvalue weighted by Crippen LogP contribution is -2.17. The summed E-state index contributed by atoms with van der Waals surface area (Å²) < 4.78 is 59.4. The Morgan fingerprint density at radius 2 is 1.43 bits per heavy atom. The molecular formula is C25H16F4N4O2. The molecule has 35 heavy (non-hydrogen) atoms. The molecule has 0 unspecified atom stereocenters. The lowest BCUT2D eigenvalue weighted by atomic mass is 10.2. The van der Waals surface area contributed by atoms with Gasteiger partial charge in [-0.3, -0.25) is 0 Å². The van der Waals surface area contributed by atoms with Crippen LogP contribution >= 0.6 is 0 Å². The summed E-state index contributed by atoms with van der Waals surface area (Å²) in [6.45, 7) is 0. The van der Waals surface area contributed by atoms with Crippen LogP contribution in [-0.4, -0.2) is 28.4 Å². The van der Waals surface area contributed by atoms with Gasteiger partial charge in [0.2, 0.25) is 11.8 Å². The molecule has 0 aliphatic rings. The van der Waals surface area contributed by atoms with Gasteiger partial charge in [-0.2, -0.15) is 9.97 Å². The zero-order valence-corrected chi connectivity index (χ0v) is 18.1. The molecule has 0 saturated heterocycles. The fourth-order valence-corrected chi connectivity index (χ4v) is 2.89. The summed E-state index contributed by atoms with van der Waals surface area (Å²) in [6, 6.07) is 17.8. The van der Waals surface area contributed by atoms with Gasteiger partial charge in [-0.15, -0.1) is 13.2 Å². The van der Waals surface area contributed by atoms with Gasteiger partial charge in [0.15, 0.2) is 5.82 Å². The third kappa shape index (κ3) is 6.68. The lowest BCUT2D eigenvalue weighted by Gasteiger charge is -2.10. The number of methoxy groups -OCH3 is 1. The number of hydrogen-bond donors (Lipinski definition) is 1. The lowest BCUT2D eigenvalue weighted by molar-refractivity contribution is -0.274. The monoisotopic (exact) mass is 480 g/mol. The van der Waals surface area contributed by atoms with Gasteiger partial charge >= 0.3 is 6.36 Å². The summed E-state index contributed by atoms with van der Waals surface area (Å²) >= 11 is 0. The van der Waals surface area contributed by atoms with Crippen LogP contribution in [0.1, 0.15) is 11.4 Å². The number of rotatable bonds is 5. The summed E-state index contributed by atoms with van der Waals surface area (Å²) in [4.78, 5) is 13.1. The van der Waals surface area contributed by atoms with E-state index < -0.39 is 6.36 Å². The summed E-state index contributed by atoms with van der Waals surface area (Å²) in [5.74, 6) is 6.18. The van der Waals surface area contributed by atoms with Crippen LogP contribution in [0.15, 0.2) is 72.8 Å². The van der Waals surface area contributed by atoms with E-state index in [9.17, 15) is 17.6 Å². The van der Waals surface area contributed by atoms with E-state index in [1.54, 1.807) is 31.4 Å². The molecule has 0 fully saturated rings. The summed E-state index contributed by atoms with van der Waals surface area (Å²) in [7, 11) is 1.55. The Bertz CT molecular complexity index is 1360. The highest BCUT2D eigenvalue weighted by atomic mass is 19.4. The molecule has 1 aromatic heterocycles. The van der Waals surface area contributed by atoms with Crippen molar-refractivity contribution in [3.05, 3.63) is 90.0 Å². The number of hydrogen-bond acceptors (Lipinski definition) is 6. The molecule has 4 rings (SSSR count). The van der Waals surface area contributed by atoms with Crippen LogP contribution in [0.3, 0.4) is 0 Å². The first-order valence-electron chi connectivity index (χ1n) is 10.1. The van der Waals surface area contributed by atoms with Gasteiger partial charge in [-0.1, -0.05) is 5.92 Å². The van der Waals surface area contributed by atoms with Gasteiger partial charge in [0.1, 0.15) is 17.3 Å². The summed E-state index contributed by atoms with van der Waals surface area (Å²) in [6.07, 6.45) is -4.78. The molecule has 0 bridgehead atoms. The Balaban J connectivity index is 1.66. The zero-order valence-electron chi connectivity index (χ0n) is 18.1. The maximum Gasteiger partial charge on any atom is 0.573 e. The average Bonchev–Trinajstić information content (AvgIpc) is 2.84. The third-order valence-electron chi connectivity index (χ3n) is 4.49. The van der Waals surface area contributed by atoms with Crippen molar-refractivity contribution in [2.45, 2.75) is 6.36 Å². The quantitative estimate of drug-likeness (QED) is 0.291. The Hall–Kier alpha value is -4.65. The summed E-state index contributed by atoms with van der Waals surface area (Å²) in [5.41, 5.74) is 1.64. The molecule has 0 amide bonds. The predicted molar refractivity (Wildman–Crippen MR) is 121 cm³/mol. The van der Waals surface area contributed by atoms with E-state index in [1.165, 1.54) is 36.4 Å². The number of halogens is 4. The molecule has 4 aromatic rings. The fourth-order valence-electron chi connectivity index (χ4n) is 2.89. The zero-order chi connectivity index (χ0) is 24.8. The second kappa shape index (κ2) is 10.1. The van der Waals surface area contributed by atoms with Gasteiger partial charge in [-0.05, 0) is 78.7 Å². The van der Waals surface area contributed by atoms with Gasteiger partial charge in [0, 0.05) is 16.8 Å². The summed E-state index contributed by atoms with van der Waals surface area (Å²) in [5, 5.41) is 2.93.